The fourth-order valence-corrected chi connectivity index (χ4v) is 2.81. The quantitative estimate of drug-likeness (QED) is 0.817. The number of nitrogens with zero attached hydrogens (tertiary/aromatic N) is 3. The lowest BCUT2D eigenvalue weighted by molar-refractivity contribution is 0.244. The number of fused-ring (bicyclic) bond motifs is 1. The van der Waals surface area contributed by atoms with Gasteiger partial charge in [0.25, 0.3) is 5.56 Å². The molecule has 0 amide bonds. The number of hydrogen-bond donors (Lipinski definition) is 2. The number of H-pyrrole nitrogens is 1. The molecule has 3 rings (SSSR count). The predicted octanol–water partition coefficient (Wildman–Crippen LogP) is 0.367. The SMILES string of the molecule is Nc1nc2c(c(=O)[nH]1)CN(Cc1cncs1)CC2. The molecule has 0 saturated carbocycles. The molecule has 3 N–H and O–H groups in total. The number of nitrogens with two attached hydrogens (primary N) is 1. The summed E-state index contributed by atoms with van der Waals surface area (Å²) in [6.45, 7) is 2.34. The van der Waals surface area contributed by atoms with E-state index in [2.05, 4.69) is 19.9 Å². The van der Waals surface area contributed by atoms with Gasteiger partial charge >= 0.3 is 0 Å². The van der Waals surface area contributed by atoms with Gasteiger partial charge in [-0.15, -0.1) is 11.3 Å². The first-order chi connectivity index (χ1) is 8.72. The van der Waals surface area contributed by atoms with Crippen molar-refractivity contribution in [2.24, 2.45) is 0 Å². The van der Waals surface area contributed by atoms with Crippen LogP contribution in [0.25, 0.3) is 0 Å². The van der Waals surface area contributed by atoms with Gasteiger partial charge in [-0.1, -0.05) is 0 Å². The third-order valence-electron chi connectivity index (χ3n) is 3.03. The zero-order valence-corrected chi connectivity index (χ0v) is 10.5. The average Bonchev–Trinajstić information content (AvgIpc) is 2.83. The first-order valence-corrected chi connectivity index (χ1v) is 6.57. The highest BCUT2D eigenvalue weighted by Gasteiger charge is 2.21. The van der Waals surface area contributed by atoms with Crippen molar-refractivity contribution in [2.75, 3.05) is 12.3 Å². The zero-order chi connectivity index (χ0) is 12.5. The van der Waals surface area contributed by atoms with E-state index in [9.17, 15) is 4.79 Å². The third-order valence-corrected chi connectivity index (χ3v) is 3.79. The van der Waals surface area contributed by atoms with Crippen molar-refractivity contribution < 1.29 is 0 Å². The summed E-state index contributed by atoms with van der Waals surface area (Å²) < 4.78 is 0. The highest BCUT2D eigenvalue weighted by atomic mass is 32.1. The predicted molar refractivity (Wildman–Crippen MR) is 69.2 cm³/mol. The van der Waals surface area contributed by atoms with E-state index >= 15 is 0 Å². The molecule has 6 nitrogen and oxygen atoms in total. The molecule has 0 radical (unpaired) electrons. The standard InChI is InChI=1S/C11H13N5OS/c12-11-14-9-1-2-16(4-7-3-13-6-18-7)5-8(9)10(17)15-11/h3,6H,1-2,4-5H2,(H3,12,14,15,17). The van der Waals surface area contributed by atoms with Gasteiger partial charge in [-0.2, -0.15) is 0 Å². The normalized spacial score (nSPS) is 15.6. The largest absolute Gasteiger partial charge is 0.369 e. The number of aromatic amines is 1. The van der Waals surface area contributed by atoms with Crippen LogP contribution in [0.1, 0.15) is 16.1 Å². The number of nitrogens with one attached hydrogen (secondary N) is 1. The fourth-order valence-electron chi connectivity index (χ4n) is 2.18. The summed E-state index contributed by atoms with van der Waals surface area (Å²) >= 11 is 1.63. The fraction of sp³-hybridized carbons (Fsp3) is 0.364. The van der Waals surface area contributed by atoms with Crippen molar-refractivity contribution in [3.8, 4) is 0 Å². The second-order valence-corrected chi connectivity index (χ2v) is 5.28. The molecular weight excluding hydrogens is 250 g/mol. The van der Waals surface area contributed by atoms with Gasteiger partial charge in [-0.05, 0) is 0 Å². The smallest absolute Gasteiger partial charge is 0.257 e. The van der Waals surface area contributed by atoms with Gasteiger partial charge in [0.1, 0.15) is 0 Å². The molecule has 0 atom stereocenters. The van der Waals surface area contributed by atoms with Gasteiger partial charge in [0.15, 0.2) is 0 Å². The Morgan fingerprint density at radius 3 is 3.22 bits per heavy atom. The minimum absolute atomic E-state index is 0.119. The van der Waals surface area contributed by atoms with E-state index in [1.54, 1.807) is 11.3 Å². The summed E-state index contributed by atoms with van der Waals surface area (Å²) in [5.41, 5.74) is 8.81. The number of nitrogen functional groups attached to an aromatic ring is 1. The molecule has 0 aliphatic carbocycles. The van der Waals surface area contributed by atoms with Crippen LogP contribution in [0.15, 0.2) is 16.5 Å². The lowest BCUT2D eigenvalue weighted by Crippen LogP contribution is -2.35. The molecule has 0 bridgehead atoms. The summed E-state index contributed by atoms with van der Waals surface area (Å²) in [7, 11) is 0. The highest BCUT2D eigenvalue weighted by Crippen LogP contribution is 2.17. The molecule has 0 aromatic carbocycles. The van der Waals surface area contributed by atoms with Crippen LogP contribution >= 0.6 is 11.3 Å². The van der Waals surface area contributed by atoms with Crippen LogP contribution < -0.4 is 11.3 Å². The van der Waals surface area contributed by atoms with Gasteiger partial charge < -0.3 is 5.73 Å². The topological polar surface area (TPSA) is 87.9 Å². The summed E-state index contributed by atoms with van der Waals surface area (Å²) in [5, 5.41) is 0. The lowest BCUT2D eigenvalue weighted by atomic mass is 10.1. The molecule has 0 unspecified atom stereocenters. The van der Waals surface area contributed by atoms with Crippen molar-refractivity contribution in [1.82, 2.24) is 19.9 Å². The molecule has 18 heavy (non-hydrogen) atoms. The molecule has 2 aromatic rings. The third kappa shape index (κ3) is 2.14. The van der Waals surface area contributed by atoms with Crippen LogP contribution in [-0.4, -0.2) is 26.4 Å². The number of aromatic nitrogens is 3. The number of anilines is 1. The number of thiazole rings is 1. The van der Waals surface area contributed by atoms with Gasteiger partial charge in [0.05, 0.1) is 16.8 Å². The van der Waals surface area contributed by atoms with E-state index in [4.69, 9.17) is 5.73 Å². The summed E-state index contributed by atoms with van der Waals surface area (Å²) in [6.07, 6.45) is 2.63. The summed E-state index contributed by atoms with van der Waals surface area (Å²) in [6, 6.07) is 0. The molecule has 1 aliphatic heterocycles. The van der Waals surface area contributed by atoms with E-state index < -0.39 is 0 Å². The van der Waals surface area contributed by atoms with Crippen molar-refractivity contribution in [2.45, 2.75) is 19.5 Å². The van der Waals surface area contributed by atoms with Crippen LogP contribution in [0.4, 0.5) is 5.95 Å². The van der Waals surface area contributed by atoms with Crippen molar-refractivity contribution in [1.29, 1.82) is 0 Å². The monoisotopic (exact) mass is 263 g/mol. The highest BCUT2D eigenvalue weighted by molar-refractivity contribution is 7.09. The van der Waals surface area contributed by atoms with Crippen LogP contribution in [0.5, 0.6) is 0 Å². The molecule has 0 spiro atoms. The molecular formula is C11H13N5OS. The van der Waals surface area contributed by atoms with E-state index in [1.807, 2.05) is 11.7 Å². The van der Waals surface area contributed by atoms with Gasteiger partial charge in [0.2, 0.25) is 5.95 Å². The Kier molecular flexibility index (Phi) is 2.85. The van der Waals surface area contributed by atoms with Crippen molar-refractivity contribution >= 4 is 17.3 Å². The minimum Gasteiger partial charge on any atom is -0.369 e. The van der Waals surface area contributed by atoms with Gasteiger partial charge in [-0.25, -0.2) is 4.98 Å². The van der Waals surface area contributed by atoms with Crippen molar-refractivity contribution in [3.63, 3.8) is 0 Å². The summed E-state index contributed by atoms with van der Waals surface area (Å²) in [4.78, 5) is 26.1. The van der Waals surface area contributed by atoms with E-state index in [0.29, 0.717) is 6.54 Å². The molecule has 2 aromatic heterocycles. The van der Waals surface area contributed by atoms with Gasteiger partial charge in [0, 0.05) is 37.1 Å². The number of rotatable bonds is 2. The van der Waals surface area contributed by atoms with Crippen LogP contribution in [0.2, 0.25) is 0 Å². The Bertz CT molecular complexity index is 606. The molecule has 1 aliphatic rings. The lowest BCUT2D eigenvalue weighted by Gasteiger charge is -2.26. The molecule has 94 valence electrons. The Morgan fingerprint density at radius 1 is 1.56 bits per heavy atom. The van der Waals surface area contributed by atoms with Gasteiger partial charge in [-0.3, -0.25) is 19.7 Å². The molecule has 3 heterocycles. The van der Waals surface area contributed by atoms with Crippen LogP contribution in [0, 0.1) is 0 Å². The Hall–Kier alpha value is -1.73. The molecule has 0 fully saturated rings. The van der Waals surface area contributed by atoms with Crippen molar-refractivity contribution in [3.05, 3.63) is 38.2 Å². The maximum atomic E-state index is 11.8. The first kappa shape index (κ1) is 11.4. The first-order valence-electron chi connectivity index (χ1n) is 5.69. The van der Waals surface area contributed by atoms with E-state index in [1.165, 1.54) is 4.88 Å². The average molecular weight is 263 g/mol. The van der Waals surface area contributed by atoms with E-state index in [0.717, 1.165) is 30.8 Å². The zero-order valence-electron chi connectivity index (χ0n) is 9.72. The Balaban J connectivity index is 1.83. The Morgan fingerprint density at radius 2 is 2.44 bits per heavy atom. The molecule has 0 saturated heterocycles. The summed E-state index contributed by atoms with van der Waals surface area (Å²) in [5.74, 6) is 0.203. The maximum Gasteiger partial charge on any atom is 0.257 e. The maximum absolute atomic E-state index is 11.8. The van der Waals surface area contributed by atoms with Crippen LogP contribution in [-0.2, 0) is 19.5 Å². The Labute approximate surface area is 108 Å². The van der Waals surface area contributed by atoms with Crippen LogP contribution in [0.3, 0.4) is 0 Å². The molecule has 7 heteroatoms. The second kappa shape index (κ2) is 4.51. The second-order valence-electron chi connectivity index (χ2n) is 4.30. The minimum atomic E-state index is -0.119. The number of hydrogen-bond acceptors (Lipinski definition) is 6. The van der Waals surface area contributed by atoms with E-state index in [-0.39, 0.29) is 11.5 Å².